The van der Waals surface area contributed by atoms with Crippen molar-refractivity contribution >= 4 is 27.4 Å². The summed E-state index contributed by atoms with van der Waals surface area (Å²) in [5.41, 5.74) is 2.28. The maximum Gasteiger partial charge on any atom is 0.242 e. The van der Waals surface area contributed by atoms with E-state index < -0.39 is 10.0 Å². The summed E-state index contributed by atoms with van der Waals surface area (Å²) in [7, 11) is -3.55. The van der Waals surface area contributed by atoms with Crippen molar-refractivity contribution in [3.05, 3.63) is 17.3 Å². The lowest BCUT2D eigenvalue weighted by Gasteiger charge is -2.08. The molecule has 1 aromatic heterocycles. The number of halogens is 1. The molecule has 102 valence electrons. The molecule has 0 saturated heterocycles. The fourth-order valence-corrected chi connectivity index (χ4v) is 2.67. The predicted octanol–water partition coefficient (Wildman–Crippen LogP) is 1.49. The Balaban J connectivity index is 2.76. The molecule has 0 aliphatic carbocycles. The number of hydrazine groups is 1. The second-order valence-electron chi connectivity index (χ2n) is 3.75. The van der Waals surface area contributed by atoms with E-state index in [0.717, 1.165) is 19.3 Å². The topological polar surface area (TPSA) is 97.1 Å². The first-order valence-corrected chi connectivity index (χ1v) is 7.49. The van der Waals surface area contributed by atoms with Crippen LogP contribution in [-0.4, -0.2) is 19.9 Å². The predicted molar refractivity (Wildman–Crippen MR) is 71.8 cm³/mol. The van der Waals surface area contributed by atoms with Crippen LogP contribution in [0.2, 0.25) is 5.02 Å². The van der Waals surface area contributed by atoms with Gasteiger partial charge in [0, 0.05) is 12.7 Å². The van der Waals surface area contributed by atoms with Crippen molar-refractivity contribution in [2.75, 3.05) is 12.0 Å². The van der Waals surface area contributed by atoms with Crippen molar-refractivity contribution < 1.29 is 8.42 Å². The third-order valence-electron chi connectivity index (χ3n) is 2.34. The Morgan fingerprint density at radius 3 is 2.72 bits per heavy atom. The monoisotopic (exact) mass is 292 g/mol. The van der Waals surface area contributed by atoms with Gasteiger partial charge in [-0.1, -0.05) is 31.4 Å². The van der Waals surface area contributed by atoms with Gasteiger partial charge in [0.1, 0.15) is 4.90 Å². The highest BCUT2D eigenvalue weighted by atomic mass is 35.5. The van der Waals surface area contributed by atoms with E-state index in [1.807, 2.05) is 0 Å². The van der Waals surface area contributed by atoms with Gasteiger partial charge in [-0.15, -0.1) is 0 Å². The van der Waals surface area contributed by atoms with E-state index in [9.17, 15) is 8.42 Å². The van der Waals surface area contributed by atoms with E-state index in [-0.39, 0.29) is 15.7 Å². The van der Waals surface area contributed by atoms with E-state index >= 15 is 0 Å². The molecule has 8 heteroatoms. The van der Waals surface area contributed by atoms with E-state index in [1.165, 1.54) is 12.3 Å². The molecule has 0 aliphatic rings. The molecule has 0 aromatic carbocycles. The number of nitrogens with one attached hydrogen (secondary N) is 2. The van der Waals surface area contributed by atoms with Crippen molar-refractivity contribution in [2.45, 2.75) is 31.1 Å². The molecule has 0 spiro atoms. The molecule has 0 unspecified atom stereocenters. The minimum absolute atomic E-state index is 0.0306. The van der Waals surface area contributed by atoms with Gasteiger partial charge < -0.3 is 5.43 Å². The maximum absolute atomic E-state index is 11.9. The van der Waals surface area contributed by atoms with Gasteiger partial charge in [0.05, 0.1) is 5.02 Å². The second kappa shape index (κ2) is 6.89. The zero-order chi connectivity index (χ0) is 13.6. The van der Waals surface area contributed by atoms with Gasteiger partial charge in [0.2, 0.25) is 10.0 Å². The summed E-state index contributed by atoms with van der Waals surface area (Å²) in [4.78, 5) is 3.85. The molecule has 4 N–H and O–H groups in total. The van der Waals surface area contributed by atoms with Gasteiger partial charge in [0.25, 0.3) is 0 Å². The lowest BCUT2D eigenvalue weighted by atomic mass is 10.3. The molecule has 1 heterocycles. The van der Waals surface area contributed by atoms with E-state index in [2.05, 4.69) is 22.1 Å². The molecule has 0 amide bonds. The first-order chi connectivity index (χ1) is 8.51. The van der Waals surface area contributed by atoms with Gasteiger partial charge in [-0.2, -0.15) is 0 Å². The van der Waals surface area contributed by atoms with Crippen LogP contribution in [-0.2, 0) is 10.0 Å². The number of nitrogens with zero attached hydrogens (tertiary/aromatic N) is 1. The number of anilines is 1. The Morgan fingerprint density at radius 1 is 1.44 bits per heavy atom. The summed E-state index contributed by atoms with van der Waals surface area (Å²) < 4.78 is 26.3. The second-order valence-corrected chi connectivity index (χ2v) is 5.92. The molecular weight excluding hydrogens is 276 g/mol. The molecule has 1 aromatic rings. The third-order valence-corrected chi connectivity index (χ3v) is 4.05. The standard InChI is InChI=1S/C10H17ClN4O2S/c1-2-3-4-5-14-18(16,17)8-6-9(11)10(15-12)13-7-8/h6-7,14H,2-5,12H2,1H3,(H,13,15). The summed E-state index contributed by atoms with van der Waals surface area (Å²) in [6.07, 6.45) is 4.03. The molecule has 0 bridgehead atoms. The van der Waals surface area contributed by atoms with Gasteiger partial charge in [-0.25, -0.2) is 24.0 Å². The Morgan fingerprint density at radius 2 is 2.17 bits per heavy atom. The number of rotatable bonds is 7. The van der Waals surface area contributed by atoms with Crippen LogP contribution in [0.4, 0.5) is 5.82 Å². The molecular formula is C10H17ClN4O2S. The van der Waals surface area contributed by atoms with E-state index in [1.54, 1.807) is 0 Å². The zero-order valence-corrected chi connectivity index (χ0v) is 11.7. The van der Waals surface area contributed by atoms with E-state index in [4.69, 9.17) is 17.4 Å². The summed E-state index contributed by atoms with van der Waals surface area (Å²) in [6.45, 7) is 2.46. The molecule has 1 rings (SSSR count). The van der Waals surface area contributed by atoms with Crippen molar-refractivity contribution in [3.63, 3.8) is 0 Å². The first kappa shape index (κ1) is 15.2. The number of sulfonamides is 1. The number of nitrogen functional groups attached to an aromatic ring is 1. The van der Waals surface area contributed by atoms with Crippen molar-refractivity contribution in [1.29, 1.82) is 0 Å². The lowest BCUT2D eigenvalue weighted by Crippen LogP contribution is -2.25. The number of pyridine rings is 1. The summed E-state index contributed by atoms with van der Waals surface area (Å²) in [5.74, 6) is 5.40. The Kier molecular flexibility index (Phi) is 5.80. The highest BCUT2D eigenvalue weighted by Crippen LogP contribution is 2.21. The quantitative estimate of drug-likeness (QED) is 0.402. The normalized spacial score (nSPS) is 11.5. The summed E-state index contributed by atoms with van der Waals surface area (Å²) >= 11 is 5.82. The van der Waals surface area contributed by atoms with Crippen LogP contribution in [0.5, 0.6) is 0 Å². The largest absolute Gasteiger partial charge is 0.307 e. The highest BCUT2D eigenvalue weighted by Gasteiger charge is 2.15. The summed E-state index contributed by atoms with van der Waals surface area (Å²) in [5, 5.41) is 0.161. The number of nitrogens with two attached hydrogens (primary N) is 1. The fourth-order valence-electron chi connectivity index (χ4n) is 1.34. The van der Waals surface area contributed by atoms with Crippen LogP contribution in [0, 0.1) is 0 Å². The Labute approximate surface area is 112 Å². The summed E-state index contributed by atoms with van der Waals surface area (Å²) in [6, 6.07) is 1.31. The van der Waals surface area contributed by atoms with Gasteiger partial charge in [-0.05, 0) is 12.5 Å². The van der Waals surface area contributed by atoms with Crippen LogP contribution < -0.4 is 16.0 Å². The minimum atomic E-state index is -3.55. The Hall–Kier alpha value is -0.890. The molecule has 0 radical (unpaired) electrons. The van der Waals surface area contributed by atoms with Crippen LogP contribution >= 0.6 is 11.6 Å². The molecule has 0 saturated carbocycles. The van der Waals surface area contributed by atoms with Crippen LogP contribution in [0.25, 0.3) is 0 Å². The number of unbranched alkanes of at least 4 members (excludes halogenated alkanes) is 2. The minimum Gasteiger partial charge on any atom is -0.307 e. The zero-order valence-electron chi connectivity index (χ0n) is 10.1. The number of aromatic nitrogens is 1. The molecule has 0 fully saturated rings. The average molecular weight is 293 g/mol. The molecule has 0 aliphatic heterocycles. The van der Waals surface area contributed by atoms with Gasteiger partial charge in [0.15, 0.2) is 5.82 Å². The van der Waals surface area contributed by atoms with Crippen molar-refractivity contribution in [1.82, 2.24) is 9.71 Å². The number of hydrogen-bond donors (Lipinski definition) is 3. The van der Waals surface area contributed by atoms with Gasteiger partial charge >= 0.3 is 0 Å². The Bertz CT molecular complexity index is 493. The average Bonchev–Trinajstić information content (AvgIpc) is 2.34. The molecule has 18 heavy (non-hydrogen) atoms. The fraction of sp³-hybridized carbons (Fsp3) is 0.500. The number of hydrogen-bond acceptors (Lipinski definition) is 5. The highest BCUT2D eigenvalue weighted by molar-refractivity contribution is 7.89. The first-order valence-electron chi connectivity index (χ1n) is 5.63. The molecule has 6 nitrogen and oxygen atoms in total. The van der Waals surface area contributed by atoms with Crippen molar-refractivity contribution in [3.8, 4) is 0 Å². The molecule has 0 atom stereocenters. The maximum atomic E-state index is 11.9. The lowest BCUT2D eigenvalue weighted by molar-refractivity contribution is 0.575. The van der Waals surface area contributed by atoms with Crippen molar-refractivity contribution in [2.24, 2.45) is 5.84 Å². The van der Waals surface area contributed by atoms with Crippen LogP contribution in [0.3, 0.4) is 0 Å². The van der Waals surface area contributed by atoms with E-state index in [0.29, 0.717) is 6.54 Å². The van der Waals surface area contributed by atoms with Gasteiger partial charge in [-0.3, -0.25) is 0 Å². The third kappa shape index (κ3) is 4.09. The smallest absolute Gasteiger partial charge is 0.242 e. The van der Waals surface area contributed by atoms with Crippen LogP contribution in [0.1, 0.15) is 26.2 Å². The van der Waals surface area contributed by atoms with Crippen LogP contribution in [0.15, 0.2) is 17.2 Å². The SMILES string of the molecule is CCCCCNS(=O)(=O)c1cnc(NN)c(Cl)c1.